The Hall–Kier alpha value is -1.84. The van der Waals surface area contributed by atoms with E-state index in [1.807, 2.05) is 0 Å². The van der Waals surface area contributed by atoms with Crippen molar-refractivity contribution in [3.05, 3.63) is 41.5 Å². The van der Waals surface area contributed by atoms with E-state index in [9.17, 15) is 0 Å². The third kappa shape index (κ3) is 3.32. The lowest BCUT2D eigenvalue weighted by Gasteiger charge is -2.05. The van der Waals surface area contributed by atoms with Crippen molar-refractivity contribution < 1.29 is 0 Å². The number of anilines is 1. The maximum Gasteiger partial charge on any atom is 0.153 e. The fourth-order valence-electron chi connectivity index (χ4n) is 1.76. The summed E-state index contributed by atoms with van der Waals surface area (Å²) in [6.07, 6.45) is 0.855. The van der Waals surface area contributed by atoms with Crippen molar-refractivity contribution in [2.45, 2.75) is 33.1 Å². The fraction of sp³-hybridized carbons (Fsp3) is 0.429. The van der Waals surface area contributed by atoms with Crippen LogP contribution in [0.15, 0.2) is 24.3 Å². The second-order valence-electron chi connectivity index (χ2n) is 4.84. The minimum atomic E-state index is 0.375. The van der Waals surface area contributed by atoms with Crippen LogP contribution in [0.1, 0.15) is 37.0 Å². The average Bonchev–Trinajstić information content (AvgIpc) is 2.78. The largest absolute Gasteiger partial charge is 0.385 e. The van der Waals surface area contributed by atoms with E-state index in [0.29, 0.717) is 5.92 Å². The topological polar surface area (TPSA) is 53.6 Å². The first kappa shape index (κ1) is 12.6. The lowest BCUT2D eigenvalue weighted by molar-refractivity contribution is 0.780. The van der Waals surface area contributed by atoms with Crippen LogP contribution in [0.4, 0.5) is 5.69 Å². The SMILES string of the molecule is Cc1cccc(NCCc2nc(C(C)C)n[nH]2)c1. The Morgan fingerprint density at radius 1 is 1.33 bits per heavy atom. The Bertz CT molecular complexity index is 502. The first-order valence-electron chi connectivity index (χ1n) is 6.37. The summed E-state index contributed by atoms with van der Waals surface area (Å²) in [5.74, 6) is 2.21. The van der Waals surface area contributed by atoms with Crippen molar-refractivity contribution in [3.8, 4) is 0 Å². The standard InChI is InChI=1S/C14H20N4/c1-10(2)14-16-13(17-18-14)7-8-15-12-6-4-5-11(3)9-12/h4-6,9-10,15H,7-8H2,1-3H3,(H,16,17,18). The molecule has 2 rings (SSSR count). The molecular formula is C14H20N4. The van der Waals surface area contributed by atoms with Crippen LogP contribution in [0.3, 0.4) is 0 Å². The van der Waals surface area contributed by atoms with E-state index in [4.69, 9.17) is 0 Å². The summed E-state index contributed by atoms with van der Waals surface area (Å²) in [6.45, 7) is 7.14. The number of aryl methyl sites for hydroxylation is 1. The van der Waals surface area contributed by atoms with Gasteiger partial charge in [-0.3, -0.25) is 5.10 Å². The number of nitrogens with one attached hydrogen (secondary N) is 2. The Kier molecular flexibility index (Phi) is 3.97. The van der Waals surface area contributed by atoms with Crippen molar-refractivity contribution in [2.24, 2.45) is 0 Å². The normalized spacial score (nSPS) is 10.9. The zero-order chi connectivity index (χ0) is 13.0. The molecule has 0 amide bonds. The second kappa shape index (κ2) is 5.67. The molecule has 4 nitrogen and oxygen atoms in total. The predicted octanol–water partition coefficient (Wildman–Crippen LogP) is 2.89. The zero-order valence-corrected chi connectivity index (χ0v) is 11.2. The minimum absolute atomic E-state index is 0.375. The van der Waals surface area contributed by atoms with E-state index in [0.717, 1.165) is 30.3 Å². The molecule has 1 heterocycles. The number of hydrogen-bond acceptors (Lipinski definition) is 3. The molecule has 1 aromatic heterocycles. The Labute approximate surface area is 108 Å². The molecule has 2 aromatic rings. The van der Waals surface area contributed by atoms with Crippen LogP contribution >= 0.6 is 0 Å². The summed E-state index contributed by atoms with van der Waals surface area (Å²) in [7, 11) is 0. The maximum absolute atomic E-state index is 4.45. The number of benzene rings is 1. The third-order valence-corrected chi connectivity index (χ3v) is 2.77. The minimum Gasteiger partial charge on any atom is -0.385 e. The number of hydrogen-bond donors (Lipinski definition) is 2. The summed E-state index contributed by atoms with van der Waals surface area (Å²) in [5.41, 5.74) is 2.42. The highest BCUT2D eigenvalue weighted by Crippen LogP contribution is 2.10. The van der Waals surface area contributed by atoms with Crippen molar-refractivity contribution in [1.82, 2.24) is 15.2 Å². The van der Waals surface area contributed by atoms with Gasteiger partial charge in [0.05, 0.1) is 0 Å². The van der Waals surface area contributed by atoms with Crippen LogP contribution in [0, 0.1) is 6.92 Å². The monoisotopic (exact) mass is 244 g/mol. The summed E-state index contributed by atoms with van der Waals surface area (Å²) >= 11 is 0. The van der Waals surface area contributed by atoms with Gasteiger partial charge in [0.2, 0.25) is 0 Å². The number of rotatable bonds is 5. The first-order chi connectivity index (χ1) is 8.65. The molecule has 0 fully saturated rings. The van der Waals surface area contributed by atoms with E-state index in [2.05, 4.69) is 65.5 Å². The number of H-pyrrole nitrogens is 1. The number of nitrogens with zero attached hydrogens (tertiary/aromatic N) is 2. The van der Waals surface area contributed by atoms with Gasteiger partial charge in [-0.1, -0.05) is 26.0 Å². The molecule has 0 saturated carbocycles. The Morgan fingerprint density at radius 2 is 2.17 bits per heavy atom. The van der Waals surface area contributed by atoms with Crippen LogP contribution in [-0.4, -0.2) is 21.7 Å². The fourth-order valence-corrected chi connectivity index (χ4v) is 1.76. The molecule has 0 bridgehead atoms. The molecule has 18 heavy (non-hydrogen) atoms. The second-order valence-corrected chi connectivity index (χ2v) is 4.84. The maximum atomic E-state index is 4.45. The van der Waals surface area contributed by atoms with Gasteiger partial charge in [0.1, 0.15) is 5.82 Å². The van der Waals surface area contributed by atoms with Gasteiger partial charge < -0.3 is 5.32 Å². The molecule has 0 unspecified atom stereocenters. The van der Waals surface area contributed by atoms with E-state index in [1.54, 1.807) is 0 Å². The Morgan fingerprint density at radius 3 is 2.83 bits per heavy atom. The lowest BCUT2D eigenvalue weighted by Crippen LogP contribution is -2.06. The molecule has 4 heteroatoms. The van der Waals surface area contributed by atoms with Crippen molar-refractivity contribution >= 4 is 5.69 Å². The molecule has 0 aliphatic rings. The van der Waals surface area contributed by atoms with Crippen molar-refractivity contribution in [2.75, 3.05) is 11.9 Å². The molecule has 0 radical (unpaired) electrons. The molecule has 0 spiro atoms. The number of aromatic amines is 1. The van der Waals surface area contributed by atoms with Crippen molar-refractivity contribution in [1.29, 1.82) is 0 Å². The third-order valence-electron chi connectivity index (χ3n) is 2.77. The molecular weight excluding hydrogens is 224 g/mol. The first-order valence-corrected chi connectivity index (χ1v) is 6.37. The smallest absolute Gasteiger partial charge is 0.153 e. The molecule has 0 aliphatic heterocycles. The molecule has 0 aliphatic carbocycles. The quantitative estimate of drug-likeness (QED) is 0.850. The van der Waals surface area contributed by atoms with Crippen LogP contribution in [0.25, 0.3) is 0 Å². The summed E-state index contributed by atoms with van der Waals surface area (Å²) in [4.78, 5) is 4.45. The van der Waals surface area contributed by atoms with Crippen LogP contribution in [-0.2, 0) is 6.42 Å². The van der Waals surface area contributed by atoms with Gasteiger partial charge in [-0.15, -0.1) is 0 Å². The van der Waals surface area contributed by atoms with Gasteiger partial charge in [-0.2, -0.15) is 5.10 Å². The molecule has 0 saturated heterocycles. The van der Waals surface area contributed by atoms with Gasteiger partial charge in [0.15, 0.2) is 5.82 Å². The molecule has 1 aromatic carbocycles. The van der Waals surface area contributed by atoms with E-state index in [-0.39, 0.29) is 0 Å². The lowest BCUT2D eigenvalue weighted by atomic mass is 10.2. The van der Waals surface area contributed by atoms with Gasteiger partial charge >= 0.3 is 0 Å². The van der Waals surface area contributed by atoms with Gasteiger partial charge in [-0.25, -0.2) is 4.98 Å². The van der Waals surface area contributed by atoms with E-state index in [1.165, 1.54) is 5.56 Å². The van der Waals surface area contributed by atoms with Gasteiger partial charge in [0, 0.05) is 24.6 Å². The van der Waals surface area contributed by atoms with Crippen LogP contribution < -0.4 is 5.32 Å². The highest BCUT2D eigenvalue weighted by atomic mass is 15.2. The Balaban J connectivity index is 1.84. The van der Waals surface area contributed by atoms with E-state index >= 15 is 0 Å². The van der Waals surface area contributed by atoms with Crippen LogP contribution in [0.5, 0.6) is 0 Å². The summed E-state index contributed by atoms with van der Waals surface area (Å²) < 4.78 is 0. The molecule has 96 valence electrons. The summed E-state index contributed by atoms with van der Waals surface area (Å²) in [6, 6.07) is 8.37. The zero-order valence-electron chi connectivity index (χ0n) is 11.2. The van der Waals surface area contributed by atoms with E-state index < -0.39 is 0 Å². The van der Waals surface area contributed by atoms with Crippen LogP contribution in [0.2, 0.25) is 0 Å². The highest BCUT2D eigenvalue weighted by Gasteiger charge is 2.06. The highest BCUT2D eigenvalue weighted by molar-refractivity contribution is 5.45. The predicted molar refractivity (Wildman–Crippen MR) is 73.8 cm³/mol. The van der Waals surface area contributed by atoms with Gasteiger partial charge in [-0.05, 0) is 24.6 Å². The number of aromatic nitrogens is 3. The summed E-state index contributed by atoms with van der Waals surface area (Å²) in [5, 5.41) is 10.6. The molecule has 0 atom stereocenters. The van der Waals surface area contributed by atoms with Crippen molar-refractivity contribution in [3.63, 3.8) is 0 Å². The van der Waals surface area contributed by atoms with Gasteiger partial charge in [0.25, 0.3) is 0 Å². The molecule has 2 N–H and O–H groups in total. The average molecular weight is 244 g/mol.